The lowest BCUT2D eigenvalue weighted by Crippen LogP contribution is -2.08. The molecule has 0 spiro atoms. The van der Waals surface area contributed by atoms with Gasteiger partial charge in [-0.3, -0.25) is 0 Å². The summed E-state index contributed by atoms with van der Waals surface area (Å²) in [4.78, 5) is 0. The van der Waals surface area contributed by atoms with Gasteiger partial charge >= 0.3 is 0 Å². The Kier molecular flexibility index (Phi) is 4.63. The monoisotopic (exact) mass is 285 g/mol. The zero-order valence-corrected chi connectivity index (χ0v) is 11.5. The summed E-state index contributed by atoms with van der Waals surface area (Å²) in [6.07, 6.45) is 1.84. The molecule has 1 N–H and O–H groups in total. The van der Waals surface area contributed by atoms with Crippen molar-refractivity contribution in [2.45, 2.75) is 12.8 Å². The lowest BCUT2D eigenvalue weighted by atomic mass is 10.2. The molecule has 3 nitrogen and oxygen atoms in total. The summed E-state index contributed by atoms with van der Waals surface area (Å²) in [5.41, 5.74) is 0.417. The van der Waals surface area contributed by atoms with E-state index in [1.54, 1.807) is 6.07 Å². The first kappa shape index (κ1) is 13.4. The molecule has 1 aromatic carbocycles. The van der Waals surface area contributed by atoms with Crippen molar-refractivity contribution in [1.29, 1.82) is 0 Å². The molecule has 0 fully saturated rings. The van der Waals surface area contributed by atoms with Crippen LogP contribution in [0.25, 0.3) is 10.6 Å². The van der Waals surface area contributed by atoms with Crippen LogP contribution in [0.1, 0.15) is 11.4 Å². The lowest BCUT2D eigenvalue weighted by molar-refractivity contribution is 0.631. The van der Waals surface area contributed by atoms with E-state index in [9.17, 15) is 4.39 Å². The van der Waals surface area contributed by atoms with Crippen LogP contribution in [0.4, 0.5) is 4.39 Å². The highest BCUT2D eigenvalue weighted by Gasteiger charge is 2.11. The molecule has 1 aromatic heterocycles. The maximum atomic E-state index is 13.6. The zero-order chi connectivity index (χ0) is 13.0. The SMILES string of the molecule is CNCCCc1nnc(-c2cc(Cl)ccc2F)s1. The Morgan fingerprint density at radius 1 is 1.39 bits per heavy atom. The maximum absolute atomic E-state index is 13.6. The van der Waals surface area contributed by atoms with E-state index in [1.807, 2.05) is 7.05 Å². The molecule has 6 heteroatoms. The van der Waals surface area contributed by atoms with Crippen molar-refractivity contribution in [2.75, 3.05) is 13.6 Å². The molecule has 0 aliphatic rings. The quantitative estimate of drug-likeness (QED) is 0.858. The van der Waals surface area contributed by atoms with Crippen LogP contribution in [0, 0.1) is 5.82 Å². The van der Waals surface area contributed by atoms with Gasteiger partial charge in [-0.1, -0.05) is 22.9 Å². The van der Waals surface area contributed by atoms with E-state index >= 15 is 0 Å². The van der Waals surface area contributed by atoms with Crippen molar-refractivity contribution < 1.29 is 4.39 Å². The van der Waals surface area contributed by atoms with E-state index in [2.05, 4.69) is 15.5 Å². The van der Waals surface area contributed by atoms with Gasteiger partial charge < -0.3 is 5.32 Å². The van der Waals surface area contributed by atoms with E-state index in [-0.39, 0.29) is 5.82 Å². The number of nitrogens with one attached hydrogen (secondary N) is 1. The standard InChI is InChI=1S/C12H13ClFN3S/c1-15-6-2-3-11-16-17-12(18-11)9-7-8(13)4-5-10(9)14/h4-5,7,15H,2-3,6H2,1H3. The van der Waals surface area contributed by atoms with Crippen molar-refractivity contribution in [3.63, 3.8) is 0 Å². The van der Waals surface area contributed by atoms with E-state index in [4.69, 9.17) is 11.6 Å². The summed E-state index contributed by atoms with van der Waals surface area (Å²) in [6.45, 7) is 0.931. The molecule has 0 atom stereocenters. The Bertz CT molecular complexity index is 530. The molecule has 0 aliphatic heterocycles. The number of aryl methyl sites for hydroxylation is 1. The van der Waals surface area contributed by atoms with Gasteiger partial charge in [0.15, 0.2) is 5.01 Å². The van der Waals surface area contributed by atoms with E-state index in [0.29, 0.717) is 15.6 Å². The van der Waals surface area contributed by atoms with Gasteiger partial charge in [0.1, 0.15) is 10.8 Å². The fraction of sp³-hybridized carbons (Fsp3) is 0.333. The minimum Gasteiger partial charge on any atom is -0.320 e. The van der Waals surface area contributed by atoms with Crippen molar-refractivity contribution in [2.24, 2.45) is 0 Å². The molecule has 0 unspecified atom stereocenters. The second-order valence-electron chi connectivity index (χ2n) is 3.83. The summed E-state index contributed by atoms with van der Waals surface area (Å²) >= 11 is 7.27. The number of halogens is 2. The number of hydrogen-bond acceptors (Lipinski definition) is 4. The smallest absolute Gasteiger partial charge is 0.150 e. The summed E-state index contributed by atoms with van der Waals surface area (Å²) in [5, 5.41) is 13.1. The molecule has 18 heavy (non-hydrogen) atoms. The third-order valence-electron chi connectivity index (χ3n) is 2.44. The van der Waals surface area contributed by atoms with E-state index in [0.717, 1.165) is 24.4 Å². The number of hydrogen-bond donors (Lipinski definition) is 1. The van der Waals surface area contributed by atoms with Crippen LogP contribution in [0.15, 0.2) is 18.2 Å². The van der Waals surface area contributed by atoms with Crippen molar-refractivity contribution >= 4 is 22.9 Å². The third kappa shape index (κ3) is 3.25. The second-order valence-corrected chi connectivity index (χ2v) is 5.33. The summed E-state index contributed by atoms with van der Waals surface area (Å²) in [6, 6.07) is 4.45. The van der Waals surface area contributed by atoms with Gasteiger partial charge in [0, 0.05) is 17.0 Å². The van der Waals surface area contributed by atoms with Gasteiger partial charge in [-0.2, -0.15) is 0 Å². The molecule has 0 amide bonds. The fourth-order valence-electron chi connectivity index (χ4n) is 1.54. The number of nitrogens with zero attached hydrogens (tertiary/aromatic N) is 2. The normalized spacial score (nSPS) is 10.8. The summed E-state index contributed by atoms with van der Waals surface area (Å²) in [7, 11) is 1.91. The molecule has 0 radical (unpaired) electrons. The van der Waals surface area contributed by atoms with E-state index < -0.39 is 0 Å². The Morgan fingerprint density at radius 3 is 3.00 bits per heavy atom. The van der Waals surface area contributed by atoms with Gasteiger partial charge in [-0.25, -0.2) is 4.39 Å². The van der Waals surface area contributed by atoms with Crippen molar-refractivity contribution in [3.8, 4) is 10.6 Å². The predicted molar refractivity (Wildman–Crippen MR) is 72.6 cm³/mol. The Balaban J connectivity index is 2.16. The van der Waals surface area contributed by atoms with Crippen molar-refractivity contribution in [3.05, 3.63) is 34.0 Å². The molecule has 2 aromatic rings. The number of aromatic nitrogens is 2. The molecule has 0 bridgehead atoms. The van der Waals surface area contributed by atoms with Crippen LogP contribution >= 0.6 is 22.9 Å². The third-order valence-corrected chi connectivity index (χ3v) is 3.69. The van der Waals surface area contributed by atoms with Crippen molar-refractivity contribution in [1.82, 2.24) is 15.5 Å². The Labute approximate surface area is 114 Å². The summed E-state index contributed by atoms with van der Waals surface area (Å²) < 4.78 is 13.6. The molecule has 0 saturated carbocycles. The van der Waals surface area contributed by atoms with Gasteiger partial charge in [-0.05, 0) is 38.2 Å². The zero-order valence-electron chi connectivity index (χ0n) is 9.91. The Morgan fingerprint density at radius 2 is 2.22 bits per heavy atom. The minimum absolute atomic E-state index is 0.322. The highest BCUT2D eigenvalue weighted by molar-refractivity contribution is 7.14. The second kappa shape index (κ2) is 6.22. The highest BCUT2D eigenvalue weighted by Crippen LogP contribution is 2.28. The molecule has 1 heterocycles. The van der Waals surface area contributed by atoms with Crippen LogP contribution in [-0.4, -0.2) is 23.8 Å². The number of rotatable bonds is 5. The first-order chi connectivity index (χ1) is 8.70. The van der Waals surface area contributed by atoms with Gasteiger partial charge in [-0.15, -0.1) is 10.2 Å². The van der Waals surface area contributed by atoms with E-state index in [1.165, 1.54) is 23.5 Å². The van der Waals surface area contributed by atoms with Crippen LogP contribution < -0.4 is 5.32 Å². The average molecular weight is 286 g/mol. The van der Waals surface area contributed by atoms with Gasteiger partial charge in [0.25, 0.3) is 0 Å². The van der Waals surface area contributed by atoms with Crippen LogP contribution in [0.5, 0.6) is 0 Å². The lowest BCUT2D eigenvalue weighted by Gasteiger charge is -1.98. The first-order valence-electron chi connectivity index (χ1n) is 5.63. The van der Waals surface area contributed by atoms with Gasteiger partial charge in [0.05, 0.1) is 0 Å². The highest BCUT2D eigenvalue weighted by atomic mass is 35.5. The predicted octanol–water partition coefficient (Wildman–Crippen LogP) is 3.15. The average Bonchev–Trinajstić information content (AvgIpc) is 2.81. The number of benzene rings is 1. The van der Waals surface area contributed by atoms with Crippen LogP contribution in [0.3, 0.4) is 0 Å². The molecular formula is C12H13ClFN3S. The van der Waals surface area contributed by atoms with Crippen LogP contribution in [-0.2, 0) is 6.42 Å². The maximum Gasteiger partial charge on any atom is 0.150 e. The Hall–Kier alpha value is -1.04. The topological polar surface area (TPSA) is 37.8 Å². The fourth-order valence-corrected chi connectivity index (χ4v) is 2.61. The minimum atomic E-state index is -0.322. The van der Waals surface area contributed by atoms with Gasteiger partial charge in [0.2, 0.25) is 0 Å². The molecule has 96 valence electrons. The summed E-state index contributed by atoms with van der Waals surface area (Å²) in [5.74, 6) is -0.322. The molecule has 2 rings (SSSR count). The molecule has 0 aliphatic carbocycles. The molecular weight excluding hydrogens is 273 g/mol. The largest absolute Gasteiger partial charge is 0.320 e. The van der Waals surface area contributed by atoms with Crippen LogP contribution in [0.2, 0.25) is 5.02 Å². The first-order valence-corrected chi connectivity index (χ1v) is 6.82. The molecule has 0 saturated heterocycles.